The molecule has 0 saturated heterocycles. The van der Waals surface area contributed by atoms with Gasteiger partial charge in [0.25, 0.3) is 0 Å². The standard InChI is InChI=1S/C32H38N6O8/c1-17(39)33-15-27(41)35-25(31(43)45-3)13-21-19-9-5-7-11-23(19)37-29(21)30-22(20-10-6-8-12-24(20)38-30)14-26(32(44)46-4)36-28(42)16-34-18(2)40/h5-12,21,25-26,29,37-38H,13-16H2,1-4H3,(H,33,39)(H,34,40)(H,35,41)(H,36,42)/t21?,25-,26-,29?/m0/s1. The van der Waals surface area contributed by atoms with Crippen LogP contribution < -0.4 is 26.6 Å². The van der Waals surface area contributed by atoms with Crippen molar-refractivity contribution >= 4 is 52.2 Å². The Bertz CT molecular complexity index is 1640. The molecule has 1 aliphatic heterocycles. The number of nitrogens with one attached hydrogen (secondary N) is 6. The fraction of sp³-hybridized carbons (Fsp3) is 0.375. The van der Waals surface area contributed by atoms with Crippen LogP contribution in [-0.2, 0) is 44.7 Å². The quantitative estimate of drug-likeness (QED) is 0.148. The number of H-pyrrole nitrogens is 1. The molecule has 2 unspecified atom stereocenters. The van der Waals surface area contributed by atoms with Gasteiger partial charge in [-0.05, 0) is 29.7 Å². The number of fused-ring (bicyclic) bond motifs is 2. The van der Waals surface area contributed by atoms with Crippen molar-refractivity contribution in [1.29, 1.82) is 0 Å². The molecule has 14 nitrogen and oxygen atoms in total. The summed E-state index contributed by atoms with van der Waals surface area (Å²) in [5.74, 6) is -3.59. The first-order chi connectivity index (χ1) is 22.0. The highest BCUT2D eigenvalue weighted by Crippen LogP contribution is 2.48. The van der Waals surface area contributed by atoms with Crippen molar-refractivity contribution in [3.8, 4) is 0 Å². The van der Waals surface area contributed by atoms with Crippen LogP contribution in [0.5, 0.6) is 0 Å². The molecular formula is C32H38N6O8. The van der Waals surface area contributed by atoms with Crippen molar-refractivity contribution < 1.29 is 38.2 Å². The molecule has 6 N–H and O–H groups in total. The Morgan fingerprint density at radius 1 is 0.783 bits per heavy atom. The normalized spacial score (nSPS) is 16.3. The lowest BCUT2D eigenvalue weighted by atomic mass is 9.85. The number of aromatic nitrogens is 1. The number of para-hydroxylation sites is 2. The van der Waals surface area contributed by atoms with E-state index in [1.165, 1.54) is 28.1 Å². The Morgan fingerprint density at radius 3 is 1.98 bits per heavy atom. The van der Waals surface area contributed by atoms with Gasteiger partial charge in [-0.2, -0.15) is 0 Å². The predicted octanol–water partition coefficient (Wildman–Crippen LogP) is 0.939. The minimum absolute atomic E-state index is 0.0486. The summed E-state index contributed by atoms with van der Waals surface area (Å²) in [5.41, 5.74) is 3.94. The zero-order valence-electron chi connectivity index (χ0n) is 26.0. The molecule has 0 radical (unpaired) electrons. The molecular weight excluding hydrogens is 596 g/mol. The first-order valence-corrected chi connectivity index (χ1v) is 14.7. The number of rotatable bonds is 13. The SMILES string of the molecule is COC(=O)[C@H](Cc1c(C2Nc3ccccc3C2C[C@H](NC(=O)CNC(C)=O)C(=O)OC)[nH]c2ccccc12)NC(=O)CNC(C)=O. The van der Waals surface area contributed by atoms with Gasteiger partial charge in [0.05, 0.1) is 33.4 Å². The highest BCUT2D eigenvalue weighted by molar-refractivity contribution is 5.90. The first-order valence-electron chi connectivity index (χ1n) is 14.7. The Labute approximate surface area is 265 Å². The van der Waals surface area contributed by atoms with E-state index in [4.69, 9.17) is 9.47 Å². The molecule has 2 heterocycles. The number of hydrogen-bond acceptors (Lipinski definition) is 9. The van der Waals surface area contributed by atoms with Crippen LogP contribution in [-0.4, -0.2) is 79.9 Å². The van der Waals surface area contributed by atoms with Gasteiger partial charge in [0.15, 0.2) is 0 Å². The van der Waals surface area contributed by atoms with Crippen molar-refractivity contribution in [2.24, 2.45) is 0 Å². The third-order valence-corrected chi connectivity index (χ3v) is 7.77. The molecule has 0 fully saturated rings. The van der Waals surface area contributed by atoms with Gasteiger partial charge in [-0.25, -0.2) is 9.59 Å². The van der Waals surface area contributed by atoms with Gasteiger partial charge in [-0.1, -0.05) is 36.4 Å². The van der Waals surface area contributed by atoms with Crippen LogP contribution in [0, 0.1) is 0 Å². The third-order valence-electron chi connectivity index (χ3n) is 7.77. The van der Waals surface area contributed by atoms with Gasteiger partial charge >= 0.3 is 11.9 Å². The topological polar surface area (TPSA) is 197 Å². The Kier molecular flexibility index (Phi) is 11.0. The minimum Gasteiger partial charge on any atom is -0.467 e. The van der Waals surface area contributed by atoms with Crippen molar-refractivity contribution in [3.05, 3.63) is 65.4 Å². The number of hydrogen-bond donors (Lipinski definition) is 6. The second-order valence-corrected chi connectivity index (χ2v) is 10.9. The number of aromatic amines is 1. The maximum atomic E-state index is 12.9. The molecule has 4 atom stereocenters. The average molecular weight is 635 g/mol. The van der Waals surface area contributed by atoms with Gasteiger partial charge in [0.1, 0.15) is 12.1 Å². The number of esters is 2. The van der Waals surface area contributed by atoms with Gasteiger partial charge in [-0.3, -0.25) is 19.2 Å². The van der Waals surface area contributed by atoms with Crippen LogP contribution in [0.2, 0.25) is 0 Å². The molecule has 0 bridgehead atoms. The summed E-state index contributed by atoms with van der Waals surface area (Å²) >= 11 is 0. The summed E-state index contributed by atoms with van der Waals surface area (Å²) in [6, 6.07) is 12.5. The van der Waals surface area contributed by atoms with E-state index in [9.17, 15) is 28.8 Å². The highest BCUT2D eigenvalue weighted by atomic mass is 16.5. The summed E-state index contributed by atoms with van der Waals surface area (Å²) < 4.78 is 10.0. The molecule has 1 aromatic heterocycles. The molecule has 0 saturated carbocycles. The monoisotopic (exact) mass is 634 g/mol. The Morgan fingerprint density at radius 2 is 1.35 bits per heavy atom. The minimum atomic E-state index is -1.08. The number of amides is 4. The number of benzene rings is 2. The van der Waals surface area contributed by atoms with E-state index in [0.29, 0.717) is 5.69 Å². The van der Waals surface area contributed by atoms with Crippen molar-refractivity contribution in [2.45, 2.75) is 50.7 Å². The maximum Gasteiger partial charge on any atom is 0.328 e. The lowest BCUT2D eigenvalue weighted by Gasteiger charge is -2.26. The van der Waals surface area contributed by atoms with Crippen molar-refractivity contribution in [2.75, 3.05) is 32.6 Å². The molecule has 0 spiro atoms. The average Bonchev–Trinajstić information content (AvgIpc) is 3.59. The Balaban J connectivity index is 1.73. The van der Waals surface area contributed by atoms with Crippen LogP contribution >= 0.6 is 0 Å². The van der Waals surface area contributed by atoms with Crippen LogP contribution in [0.4, 0.5) is 5.69 Å². The lowest BCUT2D eigenvalue weighted by Crippen LogP contribution is -2.47. The van der Waals surface area contributed by atoms with Crippen molar-refractivity contribution in [3.63, 3.8) is 0 Å². The molecule has 2 aromatic carbocycles. The fourth-order valence-corrected chi connectivity index (χ4v) is 5.69. The molecule has 4 rings (SSSR count). The van der Waals surface area contributed by atoms with Gasteiger partial charge in [0, 0.05) is 48.5 Å². The molecule has 3 aromatic rings. The molecule has 14 heteroatoms. The van der Waals surface area contributed by atoms with Gasteiger partial charge in [0.2, 0.25) is 23.6 Å². The predicted molar refractivity (Wildman–Crippen MR) is 167 cm³/mol. The summed E-state index contributed by atoms with van der Waals surface area (Å²) in [4.78, 5) is 77.3. The molecule has 4 amide bonds. The van der Waals surface area contributed by atoms with Crippen LogP contribution in [0.3, 0.4) is 0 Å². The molecule has 1 aliphatic rings. The zero-order valence-corrected chi connectivity index (χ0v) is 26.0. The van der Waals surface area contributed by atoms with Crippen molar-refractivity contribution in [1.82, 2.24) is 26.3 Å². The van der Waals surface area contributed by atoms with E-state index in [2.05, 4.69) is 31.6 Å². The van der Waals surface area contributed by atoms with Crippen LogP contribution in [0.15, 0.2) is 48.5 Å². The number of anilines is 1. The summed E-state index contributed by atoms with van der Waals surface area (Å²) in [7, 11) is 2.46. The van der Waals surface area contributed by atoms with Gasteiger partial charge < -0.3 is 41.0 Å². The number of methoxy groups -OCH3 is 2. The zero-order chi connectivity index (χ0) is 33.4. The summed E-state index contributed by atoms with van der Waals surface area (Å²) in [6.07, 6.45) is 0.183. The molecule has 244 valence electrons. The summed E-state index contributed by atoms with van der Waals surface area (Å²) in [5, 5.41) is 14.6. The Hall–Kier alpha value is -5.40. The second kappa shape index (κ2) is 15.1. The molecule has 0 aliphatic carbocycles. The lowest BCUT2D eigenvalue weighted by molar-refractivity contribution is -0.145. The molecule has 46 heavy (non-hydrogen) atoms. The smallest absolute Gasteiger partial charge is 0.328 e. The van der Waals surface area contributed by atoms with E-state index in [0.717, 1.165) is 27.7 Å². The fourth-order valence-electron chi connectivity index (χ4n) is 5.69. The number of carbonyl (C=O) groups excluding carboxylic acids is 6. The third kappa shape index (κ3) is 8.00. The van der Waals surface area contributed by atoms with Crippen LogP contribution in [0.1, 0.15) is 49.0 Å². The number of carbonyl (C=O) groups is 6. The van der Waals surface area contributed by atoms with E-state index >= 15 is 0 Å². The van der Waals surface area contributed by atoms with E-state index < -0.39 is 47.8 Å². The first kappa shape index (κ1) is 33.5. The second-order valence-electron chi connectivity index (χ2n) is 10.9. The number of ether oxygens (including phenoxy) is 2. The highest BCUT2D eigenvalue weighted by Gasteiger charge is 2.40. The largest absolute Gasteiger partial charge is 0.467 e. The van der Waals surface area contributed by atoms with E-state index in [1.54, 1.807) is 0 Å². The summed E-state index contributed by atoms with van der Waals surface area (Å²) in [6.45, 7) is 1.95. The van der Waals surface area contributed by atoms with Gasteiger partial charge in [-0.15, -0.1) is 0 Å². The maximum absolute atomic E-state index is 12.9. The van der Waals surface area contributed by atoms with E-state index in [-0.39, 0.29) is 37.8 Å². The van der Waals surface area contributed by atoms with E-state index in [1.807, 2.05) is 48.5 Å². The van der Waals surface area contributed by atoms with Crippen LogP contribution in [0.25, 0.3) is 10.9 Å².